The molecule has 0 bridgehead atoms. The highest BCUT2D eigenvalue weighted by molar-refractivity contribution is 14.0. The van der Waals surface area contributed by atoms with Gasteiger partial charge in [-0.1, -0.05) is 42.8 Å². The Morgan fingerprint density at radius 2 is 2.00 bits per heavy atom. The van der Waals surface area contributed by atoms with Crippen LogP contribution in [0.15, 0.2) is 59.9 Å². The first-order chi connectivity index (χ1) is 15.1. The average molecular weight is 569 g/mol. The molecule has 0 fully saturated rings. The van der Waals surface area contributed by atoms with Gasteiger partial charge in [-0.05, 0) is 42.3 Å². The summed E-state index contributed by atoms with van der Waals surface area (Å²) >= 11 is 6.16. The van der Waals surface area contributed by atoms with Gasteiger partial charge in [0.15, 0.2) is 5.96 Å². The predicted molar refractivity (Wildman–Crippen MR) is 140 cm³/mol. The van der Waals surface area contributed by atoms with E-state index in [1.165, 1.54) is 0 Å². The summed E-state index contributed by atoms with van der Waals surface area (Å²) in [6.07, 6.45) is 2.61. The zero-order chi connectivity index (χ0) is 22.1. The Kier molecular flexibility index (Phi) is 10.8. The molecule has 9 heteroatoms. The Morgan fingerprint density at radius 1 is 1.22 bits per heavy atom. The zero-order valence-electron chi connectivity index (χ0n) is 18.6. The van der Waals surface area contributed by atoms with Crippen molar-refractivity contribution in [3.63, 3.8) is 0 Å². The molecule has 0 saturated carbocycles. The van der Waals surface area contributed by atoms with Gasteiger partial charge in [0.05, 0.1) is 19.7 Å². The highest BCUT2D eigenvalue weighted by atomic mass is 127. The number of nitrogens with one attached hydrogen (secondary N) is 2. The quantitative estimate of drug-likeness (QED) is 0.224. The third-order valence-corrected chi connectivity index (χ3v) is 5.17. The lowest BCUT2D eigenvalue weighted by Gasteiger charge is -2.19. The van der Waals surface area contributed by atoms with E-state index >= 15 is 0 Å². The molecule has 0 aliphatic rings. The van der Waals surface area contributed by atoms with Crippen LogP contribution in [0.5, 0.6) is 5.75 Å². The summed E-state index contributed by atoms with van der Waals surface area (Å²) in [5.41, 5.74) is 2.20. The van der Waals surface area contributed by atoms with E-state index in [0.717, 1.165) is 46.6 Å². The number of aromatic nitrogens is 3. The molecule has 0 radical (unpaired) electrons. The standard InChI is InChI=1S/C23H29ClN6O.HI/c1-4-22-29-27-16-30(22)13-12-25-23(26-15-18-8-10-21(31-3)11-9-18)28-17(2)19-6-5-7-20(24)14-19;/h5-11,14,16-17H,4,12-13,15H2,1-3H3,(H2,25,26,28);1H. The van der Waals surface area contributed by atoms with E-state index < -0.39 is 0 Å². The van der Waals surface area contributed by atoms with Crippen molar-refractivity contribution in [1.82, 2.24) is 25.4 Å². The SMILES string of the molecule is CCc1nncn1CCNC(=NCc1ccc(OC)cc1)NC(C)c1cccc(Cl)c1.I. The van der Waals surface area contributed by atoms with Crippen molar-refractivity contribution in [2.75, 3.05) is 13.7 Å². The fourth-order valence-corrected chi connectivity index (χ4v) is 3.35. The van der Waals surface area contributed by atoms with Crippen molar-refractivity contribution in [2.24, 2.45) is 4.99 Å². The molecule has 0 aliphatic carbocycles. The van der Waals surface area contributed by atoms with Crippen LogP contribution < -0.4 is 15.4 Å². The van der Waals surface area contributed by atoms with Crippen molar-refractivity contribution in [3.05, 3.63) is 76.8 Å². The fraction of sp³-hybridized carbons (Fsp3) is 0.348. The number of methoxy groups -OCH3 is 1. The van der Waals surface area contributed by atoms with Gasteiger partial charge in [-0.3, -0.25) is 0 Å². The van der Waals surface area contributed by atoms with Crippen LogP contribution in [0.25, 0.3) is 0 Å². The molecule has 7 nitrogen and oxygen atoms in total. The Hall–Kier alpha value is -2.33. The lowest BCUT2D eigenvalue weighted by atomic mass is 10.1. The first kappa shape index (κ1) is 25.9. The second-order valence-corrected chi connectivity index (χ2v) is 7.59. The maximum atomic E-state index is 6.16. The van der Waals surface area contributed by atoms with E-state index in [1.54, 1.807) is 13.4 Å². The van der Waals surface area contributed by atoms with Crippen molar-refractivity contribution in [2.45, 2.75) is 39.4 Å². The van der Waals surface area contributed by atoms with Crippen LogP contribution in [-0.2, 0) is 19.5 Å². The Bertz CT molecular complexity index is 992. The summed E-state index contributed by atoms with van der Waals surface area (Å²) in [6.45, 7) is 6.16. The minimum absolute atomic E-state index is 0. The smallest absolute Gasteiger partial charge is 0.192 e. The molecule has 172 valence electrons. The molecular weight excluding hydrogens is 539 g/mol. The number of hydrogen-bond donors (Lipinski definition) is 2. The first-order valence-electron chi connectivity index (χ1n) is 10.4. The number of halogens is 2. The molecular formula is C23H30ClIN6O. The summed E-state index contributed by atoms with van der Waals surface area (Å²) in [5, 5.41) is 15.7. The summed E-state index contributed by atoms with van der Waals surface area (Å²) in [7, 11) is 1.66. The van der Waals surface area contributed by atoms with Gasteiger partial charge in [0.25, 0.3) is 0 Å². The number of aryl methyl sites for hydroxylation is 1. The first-order valence-corrected chi connectivity index (χ1v) is 10.8. The number of benzene rings is 2. The van der Waals surface area contributed by atoms with E-state index in [-0.39, 0.29) is 30.0 Å². The largest absolute Gasteiger partial charge is 0.497 e. The molecule has 0 spiro atoms. The Balaban J connectivity index is 0.00000363. The molecule has 0 aliphatic heterocycles. The number of rotatable bonds is 9. The molecule has 1 unspecified atom stereocenters. The topological polar surface area (TPSA) is 76.4 Å². The van der Waals surface area contributed by atoms with E-state index in [2.05, 4.69) is 45.3 Å². The normalized spacial score (nSPS) is 12.1. The number of ether oxygens (including phenoxy) is 1. The van der Waals surface area contributed by atoms with Crippen molar-refractivity contribution in [3.8, 4) is 5.75 Å². The van der Waals surface area contributed by atoms with Gasteiger partial charge in [0, 0.05) is 24.5 Å². The van der Waals surface area contributed by atoms with E-state index in [9.17, 15) is 0 Å². The summed E-state index contributed by atoms with van der Waals surface area (Å²) < 4.78 is 7.28. The minimum Gasteiger partial charge on any atom is -0.497 e. The van der Waals surface area contributed by atoms with Crippen LogP contribution >= 0.6 is 35.6 Å². The predicted octanol–water partition coefficient (Wildman–Crippen LogP) is 4.62. The van der Waals surface area contributed by atoms with Crippen LogP contribution in [0, 0.1) is 0 Å². The van der Waals surface area contributed by atoms with E-state index in [4.69, 9.17) is 21.3 Å². The lowest BCUT2D eigenvalue weighted by Crippen LogP contribution is -2.40. The third-order valence-electron chi connectivity index (χ3n) is 4.94. The fourth-order valence-electron chi connectivity index (χ4n) is 3.15. The number of hydrogen-bond acceptors (Lipinski definition) is 4. The van der Waals surface area contributed by atoms with Crippen LogP contribution in [-0.4, -0.2) is 34.4 Å². The summed E-state index contributed by atoms with van der Waals surface area (Å²) in [4.78, 5) is 4.78. The molecule has 32 heavy (non-hydrogen) atoms. The van der Waals surface area contributed by atoms with Crippen molar-refractivity contribution >= 4 is 41.5 Å². The van der Waals surface area contributed by atoms with Crippen molar-refractivity contribution in [1.29, 1.82) is 0 Å². The van der Waals surface area contributed by atoms with Gasteiger partial charge in [-0.2, -0.15) is 0 Å². The summed E-state index contributed by atoms with van der Waals surface area (Å²) in [6, 6.07) is 15.8. The van der Waals surface area contributed by atoms with Gasteiger partial charge in [-0.15, -0.1) is 34.2 Å². The molecule has 0 saturated heterocycles. The highest BCUT2D eigenvalue weighted by Crippen LogP contribution is 2.17. The average Bonchev–Trinajstić information content (AvgIpc) is 3.25. The molecule has 1 aromatic heterocycles. The van der Waals surface area contributed by atoms with Gasteiger partial charge in [-0.25, -0.2) is 4.99 Å². The van der Waals surface area contributed by atoms with Gasteiger partial charge in [0.2, 0.25) is 0 Å². The van der Waals surface area contributed by atoms with Crippen LogP contribution in [0.3, 0.4) is 0 Å². The molecule has 1 heterocycles. The van der Waals surface area contributed by atoms with Gasteiger partial charge in [0.1, 0.15) is 17.9 Å². The Morgan fingerprint density at radius 3 is 2.69 bits per heavy atom. The number of guanidine groups is 1. The van der Waals surface area contributed by atoms with Gasteiger partial charge >= 0.3 is 0 Å². The monoisotopic (exact) mass is 568 g/mol. The van der Waals surface area contributed by atoms with Crippen LogP contribution in [0.2, 0.25) is 5.02 Å². The second-order valence-electron chi connectivity index (χ2n) is 7.15. The maximum Gasteiger partial charge on any atom is 0.192 e. The van der Waals surface area contributed by atoms with E-state index in [0.29, 0.717) is 13.1 Å². The Labute approximate surface area is 211 Å². The maximum absolute atomic E-state index is 6.16. The molecule has 0 amide bonds. The van der Waals surface area contributed by atoms with Gasteiger partial charge < -0.3 is 19.9 Å². The molecule has 3 aromatic rings. The minimum atomic E-state index is 0. The number of nitrogens with zero attached hydrogens (tertiary/aromatic N) is 4. The molecule has 1 atom stereocenters. The molecule has 3 rings (SSSR count). The van der Waals surface area contributed by atoms with Crippen LogP contribution in [0.1, 0.15) is 36.8 Å². The van der Waals surface area contributed by atoms with E-state index in [1.807, 2.05) is 42.5 Å². The molecule has 2 aromatic carbocycles. The van der Waals surface area contributed by atoms with Crippen LogP contribution in [0.4, 0.5) is 0 Å². The summed E-state index contributed by atoms with van der Waals surface area (Å²) in [5.74, 6) is 2.53. The van der Waals surface area contributed by atoms with Crippen molar-refractivity contribution < 1.29 is 4.74 Å². The lowest BCUT2D eigenvalue weighted by molar-refractivity contribution is 0.414. The number of aliphatic imine (C=N–C) groups is 1. The highest BCUT2D eigenvalue weighted by Gasteiger charge is 2.09. The zero-order valence-corrected chi connectivity index (χ0v) is 21.7. The molecule has 2 N–H and O–H groups in total. The third kappa shape index (κ3) is 7.67. The second kappa shape index (κ2) is 13.3.